The molecular weight excluding hydrogens is 281 g/mol. The Morgan fingerprint density at radius 1 is 0.900 bits per heavy atom. The van der Waals surface area contributed by atoms with Crippen LogP contribution in [-0.2, 0) is 6.18 Å². The van der Waals surface area contributed by atoms with E-state index < -0.39 is 34.9 Å². The molecule has 2 nitrogen and oxygen atoms in total. The number of hydrogen-bond donors (Lipinski definition) is 1. The van der Waals surface area contributed by atoms with Crippen LogP contribution in [0.25, 0.3) is 0 Å². The smallest absolute Gasteiger partial charge is 0.420 e. The van der Waals surface area contributed by atoms with E-state index in [4.69, 9.17) is 10.5 Å². The van der Waals surface area contributed by atoms with Crippen molar-refractivity contribution in [3.8, 4) is 11.5 Å². The first kappa shape index (κ1) is 14.1. The van der Waals surface area contributed by atoms with Crippen LogP contribution in [-0.4, -0.2) is 0 Å². The van der Waals surface area contributed by atoms with Crippen molar-refractivity contribution < 1.29 is 26.7 Å². The van der Waals surface area contributed by atoms with Crippen molar-refractivity contribution in [1.29, 1.82) is 0 Å². The lowest BCUT2D eigenvalue weighted by Crippen LogP contribution is -2.08. The molecule has 0 spiro atoms. The summed E-state index contributed by atoms with van der Waals surface area (Å²) in [6.07, 6.45) is -4.73. The topological polar surface area (TPSA) is 35.2 Å². The number of rotatable bonds is 2. The van der Waals surface area contributed by atoms with Crippen molar-refractivity contribution >= 4 is 5.69 Å². The number of nitrogen functional groups attached to an aromatic ring is 1. The van der Waals surface area contributed by atoms with Gasteiger partial charge >= 0.3 is 6.18 Å². The van der Waals surface area contributed by atoms with Crippen LogP contribution in [0.2, 0.25) is 0 Å². The number of nitrogens with two attached hydrogens (primary N) is 1. The molecule has 0 saturated carbocycles. The first-order valence-electron chi connectivity index (χ1n) is 5.37. The molecule has 0 amide bonds. The van der Waals surface area contributed by atoms with Gasteiger partial charge in [0.25, 0.3) is 0 Å². The van der Waals surface area contributed by atoms with E-state index in [1.54, 1.807) is 0 Å². The van der Waals surface area contributed by atoms with Gasteiger partial charge in [-0.25, -0.2) is 8.78 Å². The Morgan fingerprint density at radius 2 is 1.60 bits per heavy atom. The first-order chi connectivity index (χ1) is 9.27. The van der Waals surface area contributed by atoms with Crippen LogP contribution >= 0.6 is 0 Å². The Morgan fingerprint density at radius 3 is 2.25 bits per heavy atom. The SMILES string of the molecule is Nc1ccc(Oc2cc(F)ccc2F)c(C(F)(F)F)c1. The van der Waals surface area contributed by atoms with Gasteiger partial charge in [-0.15, -0.1) is 0 Å². The summed E-state index contributed by atoms with van der Waals surface area (Å²) in [5, 5.41) is 0. The first-order valence-corrected chi connectivity index (χ1v) is 5.37. The average Bonchev–Trinajstić information content (AvgIpc) is 2.34. The second-order valence-corrected chi connectivity index (χ2v) is 3.93. The van der Waals surface area contributed by atoms with Crippen LogP contribution in [0.4, 0.5) is 27.6 Å². The Kier molecular flexibility index (Phi) is 3.52. The van der Waals surface area contributed by atoms with Crippen molar-refractivity contribution in [2.75, 3.05) is 5.73 Å². The average molecular weight is 289 g/mol. The van der Waals surface area contributed by atoms with E-state index in [1.807, 2.05) is 0 Å². The molecule has 2 N–H and O–H groups in total. The summed E-state index contributed by atoms with van der Waals surface area (Å²) in [5.74, 6) is -3.10. The monoisotopic (exact) mass is 289 g/mol. The molecule has 7 heteroatoms. The number of alkyl halides is 3. The number of hydrogen-bond acceptors (Lipinski definition) is 2. The van der Waals surface area contributed by atoms with Crippen molar-refractivity contribution in [2.45, 2.75) is 6.18 Å². The van der Waals surface area contributed by atoms with Gasteiger partial charge in [0.1, 0.15) is 17.1 Å². The minimum Gasteiger partial charge on any atom is -0.454 e. The lowest BCUT2D eigenvalue weighted by molar-refractivity contribution is -0.138. The van der Waals surface area contributed by atoms with E-state index in [0.717, 1.165) is 18.2 Å². The Bertz CT molecular complexity index is 639. The molecule has 0 aromatic heterocycles. The second kappa shape index (κ2) is 4.99. The van der Waals surface area contributed by atoms with Gasteiger partial charge in [0.2, 0.25) is 0 Å². The Balaban J connectivity index is 2.46. The van der Waals surface area contributed by atoms with E-state index in [9.17, 15) is 22.0 Å². The third-order valence-corrected chi connectivity index (χ3v) is 2.42. The lowest BCUT2D eigenvalue weighted by atomic mass is 10.1. The molecule has 0 radical (unpaired) electrons. The molecule has 0 bridgehead atoms. The number of benzene rings is 2. The lowest BCUT2D eigenvalue weighted by Gasteiger charge is -2.14. The maximum absolute atomic E-state index is 13.4. The van der Waals surface area contributed by atoms with Gasteiger partial charge in [0, 0.05) is 11.8 Å². The van der Waals surface area contributed by atoms with E-state index in [2.05, 4.69) is 0 Å². The Labute approximate surface area is 110 Å². The molecule has 0 fully saturated rings. The van der Waals surface area contributed by atoms with Crippen molar-refractivity contribution in [3.05, 3.63) is 53.6 Å². The van der Waals surface area contributed by atoms with Crippen LogP contribution in [0.15, 0.2) is 36.4 Å². The molecule has 0 aliphatic carbocycles. The summed E-state index contributed by atoms with van der Waals surface area (Å²) < 4.78 is 69.6. The van der Waals surface area contributed by atoms with Crippen molar-refractivity contribution in [3.63, 3.8) is 0 Å². The highest BCUT2D eigenvalue weighted by Crippen LogP contribution is 2.39. The molecule has 106 valence electrons. The zero-order chi connectivity index (χ0) is 14.9. The maximum atomic E-state index is 13.4. The van der Waals surface area contributed by atoms with Gasteiger partial charge in [-0.2, -0.15) is 13.2 Å². The highest BCUT2D eigenvalue weighted by atomic mass is 19.4. The van der Waals surface area contributed by atoms with Crippen LogP contribution in [0.5, 0.6) is 11.5 Å². The molecule has 2 aromatic carbocycles. The third-order valence-electron chi connectivity index (χ3n) is 2.42. The summed E-state index contributed by atoms with van der Waals surface area (Å²) in [7, 11) is 0. The highest BCUT2D eigenvalue weighted by molar-refractivity contribution is 5.50. The molecule has 2 rings (SSSR count). The van der Waals surface area contributed by atoms with Crippen LogP contribution in [0, 0.1) is 11.6 Å². The van der Waals surface area contributed by atoms with E-state index in [0.29, 0.717) is 12.1 Å². The zero-order valence-corrected chi connectivity index (χ0v) is 9.84. The molecular formula is C13H8F5NO. The summed E-state index contributed by atoms with van der Waals surface area (Å²) in [6.45, 7) is 0. The van der Waals surface area contributed by atoms with E-state index in [1.165, 1.54) is 6.07 Å². The van der Waals surface area contributed by atoms with Gasteiger partial charge < -0.3 is 10.5 Å². The molecule has 0 saturated heterocycles. The standard InChI is InChI=1S/C13H8F5NO/c14-7-1-3-10(15)12(5-7)20-11-4-2-8(19)6-9(11)13(16,17)18/h1-6H,19H2. The van der Waals surface area contributed by atoms with Gasteiger partial charge in [0.05, 0.1) is 0 Å². The summed E-state index contributed by atoms with van der Waals surface area (Å²) >= 11 is 0. The normalized spacial score (nSPS) is 11.4. The van der Waals surface area contributed by atoms with Crippen LogP contribution in [0.1, 0.15) is 5.56 Å². The fraction of sp³-hybridized carbons (Fsp3) is 0.0769. The summed E-state index contributed by atoms with van der Waals surface area (Å²) in [4.78, 5) is 0. The molecule has 0 unspecified atom stereocenters. The summed E-state index contributed by atoms with van der Waals surface area (Å²) in [5.41, 5.74) is 4.00. The molecule has 0 atom stereocenters. The maximum Gasteiger partial charge on any atom is 0.420 e. The number of halogens is 5. The molecule has 0 heterocycles. The predicted molar refractivity (Wildman–Crippen MR) is 62.3 cm³/mol. The van der Waals surface area contributed by atoms with E-state index >= 15 is 0 Å². The van der Waals surface area contributed by atoms with Gasteiger partial charge in [0.15, 0.2) is 11.6 Å². The molecule has 20 heavy (non-hydrogen) atoms. The fourth-order valence-corrected chi connectivity index (χ4v) is 1.53. The predicted octanol–water partition coefficient (Wildman–Crippen LogP) is 4.36. The fourth-order valence-electron chi connectivity index (χ4n) is 1.53. The van der Waals surface area contributed by atoms with Gasteiger partial charge in [-0.1, -0.05) is 0 Å². The van der Waals surface area contributed by atoms with Gasteiger partial charge in [-0.05, 0) is 30.3 Å². The minimum atomic E-state index is -4.73. The second-order valence-electron chi connectivity index (χ2n) is 3.93. The van der Waals surface area contributed by atoms with Crippen molar-refractivity contribution in [2.24, 2.45) is 0 Å². The van der Waals surface area contributed by atoms with Crippen molar-refractivity contribution in [1.82, 2.24) is 0 Å². The molecule has 0 aliphatic heterocycles. The minimum absolute atomic E-state index is 0.121. The molecule has 2 aromatic rings. The zero-order valence-electron chi connectivity index (χ0n) is 9.84. The molecule has 0 aliphatic rings. The largest absolute Gasteiger partial charge is 0.454 e. The number of anilines is 1. The van der Waals surface area contributed by atoms with Crippen LogP contribution < -0.4 is 10.5 Å². The van der Waals surface area contributed by atoms with Gasteiger partial charge in [-0.3, -0.25) is 0 Å². The Hall–Kier alpha value is -2.31. The van der Waals surface area contributed by atoms with Crippen LogP contribution in [0.3, 0.4) is 0 Å². The van der Waals surface area contributed by atoms with E-state index in [-0.39, 0.29) is 5.69 Å². The number of ether oxygens (including phenoxy) is 1. The third kappa shape index (κ3) is 2.98. The quantitative estimate of drug-likeness (QED) is 0.658. The highest BCUT2D eigenvalue weighted by Gasteiger charge is 2.35. The summed E-state index contributed by atoms with van der Waals surface area (Å²) in [6, 6.07) is 5.02.